The Morgan fingerprint density at radius 2 is 1.61 bits per heavy atom. The molecule has 21 heteroatoms. The molecule has 5 aromatic carbocycles. The molecule has 16 nitrogen and oxygen atoms in total. The zero-order valence-corrected chi connectivity index (χ0v) is 35.4. The average molecular weight is 810 g/mol. The maximum absolute atomic E-state index is 13.2. The second kappa shape index (κ2) is 19.0. The minimum Gasteiger partial charge on any atom is -0.744 e. The van der Waals surface area contributed by atoms with Gasteiger partial charge in [-0.15, -0.1) is 10.2 Å². The van der Waals surface area contributed by atoms with E-state index in [1.807, 2.05) is 0 Å². The summed E-state index contributed by atoms with van der Waals surface area (Å²) < 4.78 is 65.3. The van der Waals surface area contributed by atoms with E-state index in [2.05, 4.69) is 41.7 Å². The summed E-state index contributed by atoms with van der Waals surface area (Å²) in [6.45, 7) is 6.01. The first-order valence-electron chi connectivity index (χ1n) is 14.7. The van der Waals surface area contributed by atoms with Crippen LogP contribution in [0.4, 0.5) is 22.7 Å². The second-order valence-corrected chi connectivity index (χ2v) is 14.8. The number of nitrogens with one attached hydrogen (secondary N) is 1. The summed E-state index contributed by atoms with van der Waals surface area (Å²) in [6.07, 6.45) is 0. The van der Waals surface area contributed by atoms with Crippen LogP contribution in [0.25, 0.3) is 21.5 Å². The number of phenols is 1. The van der Waals surface area contributed by atoms with Crippen LogP contribution in [-0.2, 0) is 38.9 Å². The molecule has 2 N–H and O–H groups in total. The zero-order chi connectivity index (χ0) is 37.8. The Balaban J connectivity index is 0.00000392. The number of rotatable bonds is 13. The summed E-state index contributed by atoms with van der Waals surface area (Å²) in [4.78, 5) is 24.9. The van der Waals surface area contributed by atoms with E-state index in [1.165, 1.54) is 60.7 Å². The van der Waals surface area contributed by atoms with Crippen molar-refractivity contribution in [2.45, 2.75) is 34.6 Å². The number of ketones is 1. The smallest absolute Gasteiger partial charge is 0.744 e. The maximum Gasteiger partial charge on any atom is 1.00 e. The van der Waals surface area contributed by atoms with Gasteiger partial charge in [0, 0.05) is 21.9 Å². The molecule has 0 bridgehead atoms. The molecule has 54 heavy (non-hydrogen) atoms. The molecule has 0 aromatic heterocycles. The number of carbonyl (C=O) groups is 2. The van der Waals surface area contributed by atoms with E-state index < -0.39 is 48.3 Å². The van der Waals surface area contributed by atoms with Crippen LogP contribution < -0.4 is 69.7 Å². The zero-order valence-electron chi connectivity index (χ0n) is 28.9. The van der Waals surface area contributed by atoms with Crippen LogP contribution in [0.5, 0.6) is 5.75 Å². The Labute approximate surface area is 357 Å². The Morgan fingerprint density at radius 3 is 2.26 bits per heavy atom. The van der Waals surface area contributed by atoms with Gasteiger partial charge in [-0.1, -0.05) is 36.9 Å². The summed E-state index contributed by atoms with van der Waals surface area (Å²) in [6, 6.07) is 17.1. The van der Waals surface area contributed by atoms with Crippen LogP contribution in [0.2, 0.25) is 0 Å². The van der Waals surface area contributed by atoms with Gasteiger partial charge in [0.1, 0.15) is 21.5 Å². The van der Waals surface area contributed by atoms with Gasteiger partial charge >= 0.3 is 59.1 Å². The van der Waals surface area contributed by atoms with Crippen molar-refractivity contribution in [2.75, 3.05) is 5.32 Å². The molecule has 0 aliphatic heterocycles. The Morgan fingerprint density at radius 1 is 0.907 bits per heavy atom. The van der Waals surface area contributed by atoms with Crippen LogP contribution in [0.3, 0.4) is 0 Å². The molecule has 0 saturated carbocycles. The molecule has 0 aliphatic carbocycles. The number of azo groups is 2. The van der Waals surface area contributed by atoms with Gasteiger partial charge in [-0.2, -0.15) is 14.6 Å². The maximum atomic E-state index is 13.2. The Bertz CT molecular complexity index is 2550. The quantitative estimate of drug-likeness (QED) is 0.0307. The molecule has 0 spiro atoms. The van der Waals surface area contributed by atoms with Gasteiger partial charge in [-0.25, -0.2) is 16.8 Å². The summed E-state index contributed by atoms with van der Waals surface area (Å²) in [5.74, 6) is -2.00. The van der Waals surface area contributed by atoms with Crippen molar-refractivity contribution in [1.29, 1.82) is 0 Å². The van der Waals surface area contributed by atoms with E-state index in [0.717, 1.165) is 12.3 Å². The molecule has 1 unspecified atom stereocenters. The Hall–Kier alpha value is -3.41. The molecular formula is C33H25N5Na2O11S3. The SMILES string of the molecule is C=CS(=O)(=O)c1ccc(N=NC(C(C)=O)C(=O)Nc2ccc3c(O)c(N=Nc4ccc5ccccc5c4S(=O)(=O)[O-])c(SOO[O-])cc3c2)c(C)c1.[Na+].[Na+]. The third-order valence-electron chi connectivity index (χ3n) is 7.47. The largest absolute Gasteiger partial charge is 1.00 e. The van der Waals surface area contributed by atoms with Crippen molar-refractivity contribution in [3.05, 3.63) is 96.4 Å². The number of phenolic OH excluding ortho intramolecular Hbond substituents is 1. The fraction of sp³-hybridized carbons (Fsp3) is 0.0909. The van der Waals surface area contributed by atoms with Crippen LogP contribution >= 0.6 is 12.0 Å². The summed E-state index contributed by atoms with van der Waals surface area (Å²) in [5.41, 5.74) is 0.193. The van der Waals surface area contributed by atoms with Crippen molar-refractivity contribution in [2.24, 2.45) is 20.5 Å². The molecule has 0 heterocycles. The van der Waals surface area contributed by atoms with E-state index in [1.54, 1.807) is 25.1 Å². The number of aromatic hydroxyl groups is 1. The fourth-order valence-corrected chi connectivity index (χ4v) is 7.08. The van der Waals surface area contributed by atoms with Gasteiger partial charge < -0.3 is 20.2 Å². The van der Waals surface area contributed by atoms with E-state index in [-0.39, 0.29) is 108 Å². The summed E-state index contributed by atoms with van der Waals surface area (Å²) >= 11 is 0.335. The number of carbonyl (C=O) groups excluding carboxylic acids is 2. The van der Waals surface area contributed by atoms with Gasteiger partial charge in [0.05, 0.1) is 32.4 Å². The summed E-state index contributed by atoms with van der Waals surface area (Å²) in [7, 11) is -8.73. The molecular weight excluding hydrogens is 785 g/mol. The third kappa shape index (κ3) is 10.3. The van der Waals surface area contributed by atoms with E-state index in [9.17, 15) is 41.3 Å². The van der Waals surface area contributed by atoms with Gasteiger partial charge in [-0.3, -0.25) is 14.6 Å². The molecule has 0 radical (unpaired) electrons. The van der Waals surface area contributed by atoms with Crippen LogP contribution in [0.15, 0.2) is 126 Å². The molecule has 0 aliphatic rings. The van der Waals surface area contributed by atoms with Crippen LogP contribution in [0, 0.1) is 6.92 Å². The van der Waals surface area contributed by atoms with Crippen LogP contribution in [-0.4, -0.2) is 44.2 Å². The monoisotopic (exact) mass is 809 g/mol. The van der Waals surface area contributed by atoms with Gasteiger partial charge in [0.15, 0.2) is 21.4 Å². The molecule has 0 saturated heterocycles. The Kier molecular flexibility index (Phi) is 15.8. The van der Waals surface area contributed by atoms with Crippen molar-refractivity contribution >= 4 is 88.0 Å². The molecule has 5 rings (SSSR count). The molecule has 5 aromatic rings. The number of hydrogen-bond donors (Lipinski definition) is 2. The molecule has 1 atom stereocenters. The molecule has 268 valence electrons. The fourth-order valence-electron chi connectivity index (χ4n) is 4.98. The van der Waals surface area contributed by atoms with Crippen molar-refractivity contribution in [1.82, 2.24) is 0 Å². The predicted octanol–water partition coefficient (Wildman–Crippen LogP) is 0.162. The number of benzene rings is 5. The second-order valence-electron chi connectivity index (χ2n) is 10.9. The number of sulfone groups is 1. The first-order chi connectivity index (χ1) is 24.6. The third-order valence-corrected chi connectivity index (χ3v) is 10.4. The van der Waals surface area contributed by atoms with E-state index in [4.69, 9.17) is 0 Å². The first-order valence-corrected chi connectivity index (χ1v) is 18.4. The first kappa shape index (κ1) is 45.0. The minimum atomic E-state index is -5.04. The molecule has 1 amide bonds. The number of aryl methyl sites for hydroxylation is 1. The standard InChI is InChI=1S/C33H27N5O11S3.2Na/c1-4-51(43,44)23-11-14-26(18(2)15-23)35-37-29(19(3)39)33(41)34-22-10-12-24-21(16-22)17-28(50-49-48-42)30(31(24)40)38-36-27-13-9-20-7-5-6-8-25(20)32(27)52(45,46)47;;/h4-17,29,40,42H,1H2,2-3H3,(H,34,41)(H,45,46,47);;/q;2*+1/p-2. The molecule has 0 fully saturated rings. The number of nitrogens with zero attached hydrogens (tertiary/aromatic N) is 4. The predicted molar refractivity (Wildman–Crippen MR) is 186 cm³/mol. The average Bonchev–Trinajstić information content (AvgIpc) is 3.10. The normalized spacial score (nSPS) is 12.4. The van der Waals surface area contributed by atoms with Crippen molar-refractivity contribution in [3.63, 3.8) is 0 Å². The topological polar surface area (TPSA) is 249 Å². The minimum absolute atomic E-state index is 0. The number of amides is 1. The van der Waals surface area contributed by atoms with Crippen molar-refractivity contribution < 1.29 is 110 Å². The van der Waals surface area contributed by atoms with E-state index in [0.29, 0.717) is 23.0 Å². The van der Waals surface area contributed by atoms with Gasteiger partial charge in [0.25, 0.3) is 5.91 Å². The van der Waals surface area contributed by atoms with Crippen LogP contribution in [0.1, 0.15) is 12.5 Å². The van der Waals surface area contributed by atoms with Crippen molar-refractivity contribution in [3.8, 4) is 5.75 Å². The number of fused-ring (bicyclic) bond motifs is 2. The van der Waals surface area contributed by atoms with E-state index >= 15 is 0 Å². The summed E-state index contributed by atoms with van der Waals surface area (Å²) in [5, 5.41) is 45.5. The number of anilines is 1. The number of Topliss-reactive ketones (excluding diaryl/α,β-unsaturated/α-hetero) is 1. The van der Waals surface area contributed by atoms with Gasteiger partial charge in [0.2, 0.25) is 6.04 Å². The van der Waals surface area contributed by atoms with Gasteiger partial charge in [-0.05, 0) is 78.7 Å². The number of hydrogen-bond acceptors (Lipinski definition) is 16.